The molecule has 0 aromatic heterocycles. The lowest BCUT2D eigenvalue weighted by molar-refractivity contribution is -0.203. The second kappa shape index (κ2) is 5.10. The van der Waals surface area contributed by atoms with Crippen molar-refractivity contribution >= 4 is 12.0 Å². The lowest BCUT2D eigenvalue weighted by Crippen LogP contribution is -2.64. The van der Waals surface area contributed by atoms with Crippen molar-refractivity contribution in [3.05, 3.63) is 11.6 Å². The first-order valence-corrected chi connectivity index (χ1v) is 5.61. The summed E-state index contributed by atoms with van der Waals surface area (Å²) in [6.07, 6.45) is -2.80. The molecule has 0 aromatic carbocycles. The first-order chi connectivity index (χ1) is 8.58. The molecule has 19 heavy (non-hydrogen) atoms. The molecule has 5 nitrogen and oxygen atoms in total. The van der Waals surface area contributed by atoms with Gasteiger partial charge in [0.05, 0.1) is 0 Å². The fourth-order valence-corrected chi connectivity index (χ4v) is 1.49. The van der Waals surface area contributed by atoms with Crippen molar-refractivity contribution in [2.75, 3.05) is 13.1 Å². The molecule has 1 rings (SSSR count). The number of hydrogen-bond donors (Lipinski definition) is 2. The molecule has 0 bridgehead atoms. The Morgan fingerprint density at radius 1 is 1.42 bits per heavy atom. The number of amides is 2. The van der Waals surface area contributed by atoms with Gasteiger partial charge in [-0.15, -0.1) is 0 Å². The van der Waals surface area contributed by atoms with E-state index in [0.717, 1.165) is 10.5 Å². The van der Waals surface area contributed by atoms with Crippen LogP contribution >= 0.6 is 0 Å². The summed E-state index contributed by atoms with van der Waals surface area (Å²) in [7, 11) is 0. The Morgan fingerprint density at radius 2 is 2.00 bits per heavy atom. The molecule has 2 N–H and O–H groups in total. The van der Waals surface area contributed by atoms with E-state index < -0.39 is 23.7 Å². The van der Waals surface area contributed by atoms with E-state index in [1.165, 1.54) is 0 Å². The zero-order valence-electron chi connectivity index (χ0n) is 10.5. The largest absolute Gasteiger partial charge is 0.479 e. The second-order valence-corrected chi connectivity index (χ2v) is 4.60. The molecule has 1 heterocycles. The zero-order valence-corrected chi connectivity index (χ0v) is 10.5. The maximum absolute atomic E-state index is 12.7. The highest BCUT2D eigenvalue weighted by Crippen LogP contribution is 2.30. The number of urea groups is 1. The Balaban J connectivity index is 2.82. The van der Waals surface area contributed by atoms with Crippen molar-refractivity contribution in [1.82, 2.24) is 10.2 Å². The average molecular weight is 280 g/mol. The summed E-state index contributed by atoms with van der Waals surface area (Å²) in [5.74, 6) is -2.14. The summed E-state index contributed by atoms with van der Waals surface area (Å²) in [4.78, 5) is 23.6. The predicted octanol–water partition coefficient (Wildman–Crippen LogP) is 1.75. The van der Waals surface area contributed by atoms with Gasteiger partial charge in [0.25, 0.3) is 0 Å². The Morgan fingerprint density at radius 3 is 2.37 bits per heavy atom. The number of nitrogens with zero attached hydrogens (tertiary/aromatic N) is 1. The Hall–Kier alpha value is -1.73. The number of carbonyl (C=O) groups is 2. The SMILES string of the molecule is CC1=CCN(C(=O)NC(C)(C(=O)O)C(F)(F)F)CC1. The fraction of sp³-hybridized carbons (Fsp3) is 0.636. The van der Waals surface area contributed by atoms with Crippen LogP contribution in [0.5, 0.6) is 0 Å². The number of carbonyl (C=O) groups excluding carboxylic acids is 1. The van der Waals surface area contributed by atoms with E-state index in [-0.39, 0.29) is 13.1 Å². The minimum absolute atomic E-state index is 0.172. The summed E-state index contributed by atoms with van der Waals surface area (Å²) < 4.78 is 38.2. The maximum Gasteiger partial charge on any atom is 0.422 e. The first kappa shape index (κ1) is 15.3. The Bertz CT molecular complexity index is 420. The van der Waals surface area contributed by atoms with Crippen molar-refractivity contribution in [2.24, 2.45) is 0 Å². The van der Waals surface area contributed by atoms with Crippen LogP contribution in [-0.2, 0) is 4.79 Å². The van der Waals surface area contributed by atoms with Crippen molar-refractivity contribution in [1.29, 1.82) is 0 Å². The molecule has 1 aliphatic heterocycles. The third-order valence-corrected chi connectivity index (χ3v) is 3.08. The molecule has 8 heteroatoms. The molecule has 0 aliphatic carbocycles. The molecule has 0 saturated carbocycles. The average Bonchev–Trinajstić information content (AvgIpc) is 2.27. The van der Waals surface area contributed by atoms with Crippen molar-refractivity contribution in [2.45, 2.75) is 32.0 Å². The molecule has 1 aliphatic rings. The zero-order chi connectivity index (χ0) is 14.8. The van der Waals surface area contributed by atoms with Crippen LogP contribution < -0.4 is 5.32 Å². The van der Waals surface area contributed by atoms with Crippen LogP contribution in [0.15, 0.2) is 11.6 Å². The van der Waals surface area contributed by atoms with Gasteiger partial charge in [0.1, 0.15) is 0 Å². The quantitative estimate of drug-likeness (QED) is 0.757. The van der Waals surface area contributed by atoms with Crippen LogP contribution in [0.3, 0.4) is 0 Å². The van der Waals surface area contributed by atoms with Gasteiger partial charge in [-0.2, -0.15) is 13.2 Å². The molecular formula is C11H15F3N2O3. The van der Waals surface area contributed by atoms with Crippen LogP contribution in [0.25, 0.3) is 0 Å². The van der Waals surface area contributed by atoms with Crippen molar-refractivity contribution < 1.29 is 27.9 Å². The van der Waals surface area contributed by atoms with E-state index in [4.69, 9.17) is 5.11 Å². The summed E-state index contributed by atoms with van der Waals surface area (Å²) in [6.45, 7) is 2.72. The standard InChI is InChI=1S/C11H15F3N2O3/c1-7-3-5-16(6-4-7)9(19)15-10(2,8(17)18)11(12,13)14/h3H,4-6H2,1-2H3,(H,15,19)(H,17,18). The van der Waals surface area contributed by atoms with Crippen LogP contribution in [0.1, 0.15) is 20.3 Å². The molecule has 0 fully saturated rings. The van der Waals surface area contributed by atoms with Gasteiger partial charge in [0, 0.05) is 13.1 Å². The highest BCUT2D eigenvalue weighted by Gasteiger charge is 2.58. The summed E-state index contributed by atoms with van der Waals surface area (Å²) >= 11 is 0. The van der Waals surface area contributed by atoms with E-state index in [1.807, 2.05) is 6.92 Å². The number of carboxylic acids is 1. The lowest BCUT2D eigenvalue weighted by Gasteiger charge is -2.33. The molecule has 0 spiro atoms. The molecule has 1 unspecified atom stereocenters. The molecule has 1 atom stereocenters. The molecule has 0 saturated heterocycles. The number of hydrogen-bond acceptors (Lipinski definition) is 2. The van der Waals surface area contributed by atoms with E-state index in [0.29, 0.717) is 13.3 Å². The topological polar surface area (TPSA) is 69.6 Å². The van der Waals surface area contributed by atoms with Gasteiger partial charge in [-0.25, -0.2) is 9.59 Å². The van der Waals surface area contributed by atoms with Crippen LogP contribution in [0.2, 0.25) is 0 Å². The molecule has 0 radical (unpaired) electrons. The summed E-state index contributed by atoms with van der Waals surface area (Å²) in [5, 5.41) is 10.2. The van der Waals surface area contributed by atoms with Gasteiger partial charge in [0.15, 0.2) is 0 Å². The number of carboxylic acid groups (broad SMARTS) is 1. The normalized spacial score (nSPS) is 19.4. The van der Waals surface area contributed by atoms with Crippen LogP contribution in [-0.4, -0.2) is 46.8 Å². The maximum atomic E-state index is 12.7. The number of alkyl halides is 3. The van der Waals surface area contributed by atoms with Crippen molar-refractivity contribution in [3.8, 4) is 0 Å². The van der Waals surface area contributed by atoms with Gasteiger partial charge in [-0.1, -0.05) is 11.6 Å². The van der Waals surface area contributed by atoms with E-state index in [2.05, 4.69) is 0 Å². The van der Waals surface area contributed by atoms with E-state index in [1.54, 1.807) is 11.4 Å². The highest BCUT2D eigenvalue weighted by atomic mass is 19.4. The Kier molecular flexibility index (Phi) is 4.12. The van der Waals surface area contributed by atoms with E-state index >= 15 is 0 Å². The van der Waals surface area contributed by atoms with Crippen LogP contribution in [0, 0.1) is 0 Å². The van der Waals surface area contributed by atoms with Gasteiger partial charge >= 0.3 is 18.2 Å². The smallest absolute Gasteiger partial charge is 0.422 e. The summed E-state index contributed by atoms with van der Waals surface area (Å²) in [6, 6.07) is -1.04. The number of nitrogens with one attached hydrogen (secondary N) is 1. The lowest BCUT2D eigenvalue weighted by atomic mass is 10.0. The number of aliphatic carboxylic acids is 1. The number of halogens is 3. The van der Waals surface area contributed by atoms with Gasteiger partial charge in [-0.05, 0) is 20.3 Å². The molecule has 108 valence electrons. The second-order valence-electron chi connectivity index (χ2n) is 4.60. The minimum atomic E-state index is -5.07. The minimum Gasteiger partial charge on any atom is -0.479 e. The third-order valence-electron chi connectivity index (χ3n) is 3.08. The summed E-state index contributed by atoms with van der Waals surface area (Å²) in [5.41, 5.74) is -2.25. The van der Waals surface area contributed by atoms with E-state index in [9.17, 15) is 22.8 Å². The molecule has 0 aromatic rings. The fourth-order valence-electron chi connectivity index (χ4n) is 1.49. The molecular weight excluding hydrogens is 265 g/mol. The highest BCUT2D eigenvalue weighted by molar-refractivity contribution is 5.86. The van der Waals surface area contributed by atoms with Crippen LogP contribution in [0.4, 0.5) is 18.0 Å². The monoisotopic (exact) mass is 280 g/mol. The molecule has 2 amide bonds. The van der Waals surface area contributed by atoms with Crippen molar-refractivity contribution in [3.63, 3.8) is 0 Å². The number of rotatable bonds is 2. The van der Waals surface area contributed by atoms with Gasteiger partial charge in [0.2, 0.25) is 5.54 Å². The predicted molar refractivity (Wildman–Crippen MR) is 60.6 cm³/mol. The van der Waals surface area contributed by atoms with Gasteiger partial charge < -0.3 is 15.3 Å². The van der Waals surface area contributed by atoms with Gasteiger partial charge in [-0.3, -0.25) is 0 Å². The third kappa shape index (κ3) is 3.18. The Labute approximate surface area is 108 Å². The first-order valence-electron chi connectivity index (χ1n) is 5.61.